The van der Waals surface area contributed by atoms with Crippen molar-refractivity contribution in [2.45, 2.75) is 18.2 Å². The molecule has 0 saturated carbocycles. The van der Waals surface area contributed by atoms with Gasteiger partial charge in [-0.2, -0.15) is 0 Å². The van der Waals surface area contributed by atoms with Gasteiger partial charge in [0.15, 0.2) is 0 Å². The number of benzene rings is 2. The zero-order chi connectivity index (χ0) is 17.5. The molecule has 126 valence electrons. The van der Waals surface area contributed by atoms with Crippen LogP contribution >= 0.6 is 11.8 Å². The highest BCUT2D eigenvalue weighted by Crippen LogP contribution is 2.24. The van der Waals surface area contributed by atoms with Crippen molar-refractivity contribution in [3.05, 3.63) is 58.1 Å². The Morgan fingerprint density at radius 3 is 2.58 bits per heavy atom. The fourth-order valence-corrected chi connectivity index (χ4v) is 2.86. The van der Waals surface area contributed by atoms with Crippen LogP contribution in [0.2, 0.25) is 0 Å². The van der Waals surface area contributed by atoms with E-state index < -0.39 is 4.92 Å². The molecule has 2 rings (SSSR count). The molecule has 7 heteroatoms. The van der Waals surface area contributed by atoms with Gasteiger partial charge in [0.1, 0.15) is 5.75 Å². The Morgan fingerprint density at radius 2 is 1.96 bits per heavy atom. The van der Waals surface area contributed by atoms with E-state index in [0.29, 0.717) is 17.9 Å². The highest BCUT2D eigenvalue weighted by molar-refractivity contribution is 7.99. The predicted octanol–water partition coefficient (Wildman–Crippen LogP) is 4.03. The quantitative estimate of drug-likeness (QED) is 0.465. The largest absolute Gasteiger partial charge is 0.497 e. The Kier molecular flexibility index (Phi) is 6.20. The number of amides is 1. The van der Waals surface area contributed by atoms with Crippen LogP contribution in [0.25, 0.3) is 0 Å². The Hall–Kier alpha value is -2.54. The van der Waals surface area contributed by atoms with Crippen molar-refractivity contribution in [1.82, 2.24) is 0 Å². The van der Waals surface area contributed by atoms with Crippen LogP contribution in [0.4, 0.5) is 11.4 Å². The number of carbonyl (C=O) groups excluding carboxylic acids is 1. The van der Waals surface area contributed by atoms with Gasteiger partial charge in [-0.3, -0.25) is 14.9 Å². The lowest BCUT2D eigenvalue weighted by molar-refractivity contribution is -0.384. The van der Waals surface area contributed by atoms with Crippen LogP contribution < -0.4 is 10.1 Å². The van der Waals surface area contributed by atoms with Crippen LogP contribution in [0.1, 0.15) is 12.0 Å². The van der Waals surface area contributed by atoms with Gasteiger partial charge < -0.3 is 10.1 Å². The van der Waals surface area contributed by atoms with Gasteiger partial charge in [0.25, 0.3) is 5.69 Å². The molecule has 0 radical (unpaired) electrons. The number of nitrogens with zero attached hydrogens (tertiary/aromatic N) is 1. The fraction of sp³-hybridized carbons (Fsp3) is 0.235. The van der Waals surface area contributed by atoms with E-state index in [4.69, 9.17) is 4.74 Å². The summed E-state index contributed by atoms with van der Waals surface area (Å²) in [5.41, 5.74) is 1.23. The second-order valence-corrected chi connectivity index (χ2v) is 6.25. The van der Waals surface area contributed by atoms with E-state index in [1.807, 2.05) is 24.3 Å². The molecule has 0 atom stereocenters. The van der Waals surface area contributed by atoms with Gasteiger partial charge in [0.2, 0.25) is 5.91 Å². The third-order valence-corrected chi connectivity index (χ3v) is 4.38. The molecule has 0 unspecified atom stereocenters. The summed E-state index contributed by atoms with van der Waals surface area (Å²) < 4.78 is 5.09. The van der Waals surface area contributed by atoms with E-state index in [2.05, 4.69) is 5.32 Å². The lowest BCUT2D eigenvalue weighted by Gasteiger charge is -2.08. The van der Waals surface area contributed by atoms with E-state index in [-0.39, 0.29) is 11.6 Å². The van der Waals surface area contributed by atoms with Crippen LogP contribution in [-0.2, 0) is 4.79 Å². The summed E-state index contributed by atoms with van der Waals surface area (Å²) in [6, 6.07) is 12.0. The molecule has 6 nitrogen and oxygen atoms in total. The normalized spacial score (nSPS) is 10.2. The topological polar surface area (TPSA) is 81.5 Å². The summed E-state index contributed by atoms with van der Waals surface area (Å²) in [5, 5.41) is 13.5. The number of methoxy groups -OCH3 is 1. The average Bonchev–Trinajstić information content (AvgIpc) is 2.57. The Bertz CT molecular complexity index is 732. The summed E-state index contributed by atoms with van der Waals surface area (Å²) >= 11 is 1.57. The first-order chi connectivity index (χ1) is 11.5. The molecule has 0 aliphatic rings. The second kappa shape index (κ2) is 8.35. The number of ether oxygens (including phenoxy) is 1. The number of nitro benzene ring substituents is 1. The number of aryl methyl sites for hydroxylation is 1. The Labute approximate surface area is 144 Å². The maximum atomic E-state index is 12.0. The Morgan fingerprint density at radius 1 is 1.25 bits per heavy atom. The molecule has 0 aliphatic heterocycles. The zero-order valence-electron chi connectivity index (χ0n) is 13.4. The smallest absolute Gasteiger partial charge is 0.271 e. The van der Waals surface area contributed by atoms with E-state index in [1.165, 1.54) is 12.1 Å². The minimum absolute atomic E-state index is 0.0384. The maximum absolute atomic E-state index is 12.0. The van der Waals surface area contributed by atoms with E-state index >= 15 is 0 Å². The number of nitrogens with one attached hydrogen (secondary N) is 1. The second-order valence-electron chi connectivity index (χ2n) is 5.08. The number of thioether (sulfide) groups is 1. The van der Waals surface area contributed by atoms with Crippen LogP contribution in [0.3, 0.4) is 0 Å². The number of nitro groups is 1. The third kappa shape index (κ3) is 4.99. The van der Waals surface area contributed by atoms with E-state index in [9.17, 15) is 14.9 Å². The predicted molar refractivity (Wildman–Crippen MR) is 94.8 cm³/mol. The fourth-order valence-electron chi connectivity index (χ4n) is 2.00. The van der Waals surface area contributed by atoms with Crippen LogP contribution in [-0.4, -0.2) is 23.7 Å². The number of hydrogen-bond acceptors (Lipinski definition) is 5. The molecule has 0 spiro atoms. The molecular weight excluding hydrogens is 328 g/mol. The first-order valence-electron chi connectivity index (χ1n) is 7.31. The highest BCUT2D eigenvalue weighted by Gasteiger charge is 2.11. The lowest BCUT2D eigenvalue weighted by atomic mass is 10.2. The minimum Gasteiger partial charge on any atom is -0.497 e. The zero-order valence-corrected chi connectivity index (χ0v) is 14.3. The molecular formula is C17H18N2O4S. The summed E-state index contributed by atoms with van der Waals surface area (Å²) in [6.45, 7) is 1.80. The first kappa shape index (κ1) is 17.8. The van der Waals surface area contributed by atoms with Gasteiger partial charge >= 0.3 is 0 Å². The van der Waals surface area contributed by atoms with E-state index in [0.717, 1.165) is 16.2 Å². The molecule has 2 aromatic carbocycles. The maximum Gasteiger partial charge on any atom is 0.271 e. The van der Waals surface area contributed by atoms with Crippen molar-refractivity contribution in [2.24, 2.45) is 0 Å². The van der Waals surface area contributed by atoms with Gasteiger partial charge in [-0.05, 0) is 36.8 Å². The number of non-ortho nitro benzene ring substituents is 1. The number of hydrogen-bond donors (Lipinski definition) is 1. The Balaban J connectivity index is 1.86. The molecule has 0 aromatic heterocycles. The van der Waals surface area contributed by atoms with Gasteiger partial charge in [-0.1, -0.05) is 6.07 Å². The standard InChI is InChI=1S/C17H18N2O4S/c1-12-3-4-13(19(21)22)11-16(12)18-17(20)9-10-24-15-7-5-14(23-2)6-8-15/h3-8,11H,9-10H2,1-2H3,(H,18,20). The van der Waals surface area contributed by atoms with Gasteiger partial charge in [-0.25, -0.2) is 0 Å². The summed E-state index contributed by atoms with van der Waals surface area (Å²) in [7, 11) is 1.61. The summed E-state index contributed by atoms with van der Waals surface area (Å²) in [5.74, 6) is 1.24. The van der Waals surface area contributed by atoms with Crippen LogP contribution in [0.5, 0.6) is 5.75 Å². The van der Waals surface area contributed by atoms with Crippen LogP contribution in [0.15, 0.2) is 47.4 Å². The highest BCUT2D eigenvalue weighted by atomic mass is 32.2. The molecule has 1 N–H and O–H groups in total. The average molecular weight is 346 g/mol. The van der Waals surface area contributed by atoms with Crippen LogP contribution in [0, 0.1) is 17.0 Å². The molecule has 0 bridgehead atoms. The van der Waals surface area contributed by atoms with Gasteiger partial charge in [0, 0.05) is 29.2 Å². The molecule has 24 heavy (non-hydrogen) atoms. The molecule has 0 heterocycles. The lowest BCUT2D eigenvalue weighted by Crippen LogP contribution is -2.13. The van der Waals surface area contributed by atoms with Crippen molar-refractivity contribution in [2.75, 3.05) is 18.2 Å². The molecule has 2 aromatic rings. The van der Waals surface area contributed by atoms with E-state index in [1.54, 1.807) is 31.9 Å². The number of carbonyl (C=O) groups is 1. The summed E-state index contributed by atoms with van der Waals surface area (Å²) in [4.78, 5) is 23.4. The number of anilines is 1. The van der Waals surface area contributed by atoms with Crippen molar-refractivity contribution < 1.29 is 14.5 Å². The minimum atomic E-state index is -0.478. The van der Waals surface area contributed by atoms with Gasteiger partial charge in [-0.15, -0.1) is 11.8 Å². The monoisotopic (exact) mass is 346 g/mol. The molecule has 0 fully saturated rings. The first-order valence-corrected chi connectivity index (χ1v) is 8.30. The van der Waals surface area contributed by atoms with Crippen molar-refractivity contribution >= 4 is 29.0 Å². The summed E-state index contributed by atoms with van der Waals surface area (Å²) in [6.07, 6.45) is 0.318. The van der Waals surface area contributed by atoms with Gasteiger partial charge in [0.05, 0.1) is 17.7 Å². The van der Waals surface area contributed by atoms with Crippen molar-refractivity contribution in [1.29, 1.82) is 0 Å². The van der Waals surface area contributed by atoms with Crippen molar-refractivity contribution in [3.8, 4) is 5.75 Å². The number of rotatable bonds is 7. The molecule has 0 saturated heterocycles. The van der Waals surface area contributed by atoms with Crippen molar-refractivity contribution in [3.63, 3.8) is 0 Å². The SMILES string of the molecule is COc1ccc(SCCC(=O)Nc2cc([N+](=O)[O-])ccc2C)cc1. The third-order valence-electron chi connectivity index (χ3n) is 3.36. The molecule has 1 amide bonds. The molecule has 0 aliphatic carbocycles.